The molecular weight excluding hydrogens is 528 g/mol. The van der Waals surface area contributed by atoms with Crippen LogP contribution in [0.25, 0.3) is 12.2 Å². The lowest BCUT2D eigenvalue weighted by Gasteiger charge is -2.39. The quantitative estimate of drug-likeness (QED) is 0.381. The standard InChI is InChI=1S/C39H41N2O2/c1-7-26(36-28(9-1)22-30-19-24-11-3-15-40-17-5-13-32(34(24)40)38(30)42-36)21-27-8-2-10-29-23-31-20-25-12-4-16-41-18-6-14-33(35(25)41)39(31)43-37(27)29/h19-23H,1-18H2/q+1. The first-order valence-corrected chi connectivity index (χ1v) is 17.2. The Hall–Kier alpha value is -3.53. The summed E-state index contributed by atoms with van der Waals surface area (Å²) >= 11 is 0. The first-order valence-electron chi connectivity index (χ1n) is 17.2. The van der Waals surface area contributed by atoms with Gasteiger partial charge in [0.25, 0.3) is 0 Å². The fourth-order valence-electron chi connectivity index (χ4n) is 9.58. The molecule has 8 aliphatic rings. The predicted molar refractivity (Wildman–Crippen MR) is 172 cm³/mol. The average molecular weight is 570 g/mol. The van der Waals surface area contributed by atoms with E-state index in [4.69, 9.17) is 9.47 Å². The van der Waals surface area contributed by atoms with Gasteiger partial charge >= 0.3 is 0 Å². The molecule has 0 atom stereocenters. The fourth-order valence-corrected chi connectivity index (χ4v) is 9.58. The van der Waals surface area contributed by atoms with E-state index in [0.29, 0.717) is 0 Å². The lowest BCUT2D eigenvalue weighted by atomic mass is 9.84. The van der Waals surface area contributed by atoms with Crippen LogP contribution in [0.2, 0.25) is 0 Å². The van der Waals surface area contributed by atoms with Gasteiger partial charge in [0.2, 0.25) is 5.36 Å². The smallest absolute Gasteiger partial charge is 0.210 e. The second-order valence-electron chi connectivity index (χ2n) is 14.1. The molecule has 218 valence electrons. The van der Waals surface area contributed by atoms with Gasteiger partial charge < -0.3 is 14.4 Å². The summed E-state index contributed by atoms with van der Waals surface area (Å²) in [4.78, 5) is 2.63. The summed E-state index contributed by atoms with van der Waals surface area (Å²) in [7, 11) is 0. The van der Waals surface area contributed by atoms with Crippen molar-refractivity contribution < 1.29 is 9.47 Å². The van der Waals surface area contributed by atoms with Crippen molar-refractivity contribution >= 4 is 17.8 Å². The number of rotatable bonds is 1. The molecule has 6 heterocycles. The molecule has 10 rings (SSSR count). The van der Waals surface area contributed by atoms with Gasteiger partial charge in [-0.2, -0.15) is 0 Å². The highest BCUT2D eigenvalue weighted by Gasteiger charge is 2.34. The summed E-state index contributed by atoms with van der Waals surface area (Å²) in [5, 5.41) is 2.82. The summed E-state index contributed by atoms with van der Waals surface area (Å²) in [6.07, 6.45) is 23.9. The Kier molecular flexibility index (Phi) is 5.48. The van der Waals surface area contributed by atoms with Crippen LogP contribution in [0, 0.1) is 0 Å². The Labute approximate surface area is 254 Å². The van der Waals surface area contributed by atoms with E-state index in [1.807, 2.05) is 0 Å². The van der Waals surface area contributed by atoms with Crippen molar-refractivity contribution in [3.63, 3.8) is 0 Å². The van der Waals surface area contributed by atoms with Gasteiger partial charge in [0.15, 0.2) is 0 Å². The Morgan fingerprint density at radius 3 is 2.44 bits per heavy atom. The number of nitrogens with zero attached hydrogens (tertiary/aromatic N) is 2. The molecule has 6 aliphatic heterocycles. The third kappa shape index (κ3) is 3.77. The monoisotopic (exact) mass is 569 g/mol. The highest BCUT2D eigenvalue weighted by Crippen LogP contribution is 2.48. The molecule has 0 saturated carbocycles. The van der Waals surface area contributed by atoms with Gasteiger partial charge in [-0.05, 0) is 135 Å². The van der Waals surface area contributed by atoms with Gasteiger partial charge in [0.05, 0.1) is 5.56 Å². The van der Waals surface area contributed by atoms with Gasteiger partial charge in [-0.15, -0.1) is 0 Å². The molecule has 2 aromatic rings. The van der Waals surface area contributed by atoms with Crippen LogP contribution >= 0.6 is 0 Å². The normalized spacial score (nSPS) is 24.0. The van der Waals surface area contributed by atoms with Crippen LogP contribution in [0.3, 0.4) is 0 Å². The van der Waals surface area contributed by atoms with Crippen LogP contribution in [0.5, 0.6) is 11.5 Å². The molecule has 43 heavy (non-hydrogen) atoms. The van der Waals surface area contributed by atoms with E-state index in [-0.39, 0.29) is 0 Å². The van der Waals surface area contributed by atoms with Crippen LogP contribution < -0.4 is 29.5 Å². The van der Waals surface area contributed by atoms with Crippen molar-refractivity contribution in [1.82, 2.24) is 4.58 Å². The summed E-state index contributed by atoms with van der Waals surface area (Å²) < 4.78 is 16.7. The number of hydrogen-bond donors (Lipinski definition) is 0. The third-order valence-electron chi connectivity index (χ3n) is 11.4. The second-order valence-corrected chi connectivity index (χ2v) is 14.1. The molecule has 0 saturated heterocycles. The van der Waals surface area contributed by atoms with Crippen molar-refractivity contribution in [1.29, 1.82) is 0 Å². The van der Waals surface area contributed by atoms with Crippen LogP contribution in [-0.4, -0.2) is 26.2 Å². The predicted octanol–water partition coefficient (Wildman–Crippen LogP) is 6.22. The minimum atomic E-state index is 1.08. The summed E-state index contributed by atoms with van der Waals surface area (Å²) in [6, 6.07) is 4.91. The second kappa shape index (κ2) is 9.48. The molecule has 0 N–H and O–H groups in total. The zero-order valence-electron chi connectivity index (χ0n) is 25.3. The van der Waals surface area contributed by atoms with Crippen LogP contribution in [0.1, 0.15) is 92.0 Å². The molecular formula is C39H41N2O2+. The van der Waals surface area contributed by atoms with Crippen LogP contribution in [-0.2, 0) is 25.7 Å². The number of anilines is 1. The maximum Gasteiger partial charge on any atom is 0.210 e. The fraction of sp³-hybridized carbons (Fsp3) is 0.462. The Bertz CT molecular complexity index is 1880. The molecule has 0 unspecified atom stereocenters. The highest BCUT2D eigenvalue weighted by atomic mass is 16.5. The minimum Gasteiger partial charge on any atom is -0.456 e. The van der Waals surface area contributed by atoms with Crippen LogP contribution in [0.4, 0.5) is 5.69 Å². The van der Waals surface area contributed by atoms with E-state index in [1.54, 1.807) is 11.1 Å². The Morgan fingerprint density at radius 1 is 0.674 bits per heavy atom. The number of hydrogen-bond acceptors (Lipinski definition) is 3. The number of ether oxygens (including phenoxy) is 2. The van der Waals surface area contributed by atoms with Crippen molar-refractivity contribution in [2.45, 2.75) is 89.9 Å². The van der Waals surface area contributed by atoms with E-state index in [0.717, 1.165) is 61.5 Å². The Morgan fingerprint density at radius 2 is 1.49 bits per heavy atom. The molecule has 0 fully saturated rings. The van der Waals surface area contributed by atoms with Crippen molar-refractivity contribution in [3.05, 3.63) is 90.4 Å². The van der Waals surface area contributed by atoms with E-state index in [2.05, 4.69) is 39.8 Å². The van der Waals surface area contributed by atoms with E-state index >= 15 is 0 Å². The molecule has 0 amide bonds. The molecule has 2 aromatic carbocycles. The topological polar surface area (TPSA) is 24.7 Å². The lowest BCUT2D eigenvalue weighted by molar-refractivity contribution is 0.391. The summed E-state index contributed by atoms with van der Waals surface area (Å²) in [6.45, 7) is 4.78. The molecule has 0 radical (unpaired) electrons. The molecule has 4 nitrogen and oxygen atoms in total. The average Bonchev–Trinajstić information content (AvgIpc) is 3.04. The minimum absolute atomic E-state index is 1.08. The van der Waals surface area contributed by atoms with Crippen LogP contribution in [0.15, 0.2) is 52.0 Å². The molecule has 2 aliphatic carbocycles. The number of allylic oxidation sites excluding steroid dienone is 5. The van der Waals surface area contributed by atoms with Gasteiger partial charge in [0, 0.05) is 53.5 Å². The third-order valence-corrected chi connectivity index (χ3v) is 11.4. The first-order chi connectivity index (χ1) is 21.3. The number of aryl methyl sites for hydroxylation is 2. The first kappa shape index (κ1) is 24.9. The van der Waals surface area contributed by atoms with Gasteiger partial charge in [-0.3, -0.25) is 0 Å². The van der Waals surface area contributed by atoms with E-state index in [9.17, 15) is 0 Å². The van der Waals surface area contributed by atoms with Crippen molar-refractivity contribution in [3.8, 4) is 11.5 Å². The summed E-state index contributed by atoms with van der Waals surface area (Å²) in [5.41, 5.74) is 14.4. The lowest BCUT2D eigenvalue weighted by Crippen LogP contribution is -2.45. The number of fused-ring (bicyclic) bond motifs is 5. The maximum absolute atomic E-state index is 7.04. The van der Waals surface area contributed by atoms with E-state index < -0.39 is 0 Å². The van der Waals surface area contributed by atoms with Crippen molar-refractivity contribution in [2.24, 2.45) is 0 Å². The zero-order chi connectivity index (χ0) is 28.1. The van der Waals surface area contributed by atoms with E-state index in [1.165, 1.54) is 133 Å². The largest absolute Gasteiger partial charge is 0.456 e. The summed E-state index contributed by atoms with van der Waals surface area (Å²) in [5.74, 6) is 4.58. The molecule has 0 spiro atoms. The zero-order valence-corrected chi connectivity index (χ0v) is 25.3. The SMILES string of the molecule is C1=C2CCCC(C=C3CCCC4=C3Oc3c5c6c(cc3=C4)CCC[N+]=6CCC5)=C2Oc2c1cc1c3c2CCCN3CCC1. The van der Waals surface area contributed by atoms with Gasteiger partial charge in [0.1, 0.15) is 36.1 Å². The maximum atomic E-state index is 7.04. The Balaban J connectivity index is 1.08. The highest BCUT2D eigenvalue weighted by molar-refractivity contribution is 5.78. The number of benzene rings is 2. The molecule has 0 aromatic heterocycles. The van der Waals surface area contributed by atoms with Crippen molar-refractivity contribution in [2.75, 3.05) is 31.1 Å². The molecule has 0 bridgehead atoms. The van der Waals surface area contributed by atoms with Gasteiger partial charge in [-0.25, -0.2) is 4.58 Å². The van der Waals surface area contributed by atoms with Gasteiger partial charge in [-0.1, -0.05) is 0 Å². The molecule has 4 heteroatoms.